The van der Waals surface area contributed by atoms with Crippen LogP contribution in [-0.2, 0) is 4.79 Å². The molecule has 0 aromatic heterocycles. The second kappa shape index (κ2) is 5.99. The zero-order valence-corrected chi connectivity index (χ0v) is 13.2. The van der Waals surface area contributed by atoms with Crippen LogP contribution < -0.4 is 20.1 Å². The molecule has 2 aromatic carbocycles. The fourth-order valence-electron chi connectivity index (χ4n) is 2.39. The molecule has 0 atom stereocenters. The average molecular weight is 334 g/mol. The number of hydrogen-bond donors (Lipinski definition) is 2. The topological polar surface area (TPSA) is 59.6 Å². The minimum atomic E-state index is -3.65. The second-order valence-corrected chi connectivity index (χ2v) is 5.55. The molecule has 1 heterocycles. The van der Waals surface area contributed by atoms with Crippen LogP contribution in [0.25, 0.3) is 0 Å². The Balaban J connectivity index is 1.59. The zero-order valence-electron chi connectivity index (χ0n) is 13.2. The lowest BCUT2D eigenvalue weighted by atomic mass is 10.1. The first-order valence-corrected chi connectivity index (χ1v) is 7.33. The molecule has 0 fully saturated rings. The van der Waals surface area contributed by atoms with Crippen LogP contribution in [0.15, 0.2) is 36.4 Å². The number of fused-ring (bicyclic) bond motifs is 1. The summed E-state index contributed by atoms with van der Waals surface area (Å²) in [6.07, 6.45) is -3.65. The first-order chi connectivity index (χ1) is 11.3. The van der Waals surface area contributed by atoms with Crippen molar-refractivity contribution in [2.75, 3.05) is 17.2 Å². The number of ether oxygens (including phenoxy) is 2. The van der Waals surface area contributed by atoms with Crippen molar-refractivity contribution in [3.8, 4) is 11.5 Å². The molecule has 2 N–H and O–H groups in total. The number of amides is 1. The molecule has 2 aromatic rings. The van der Waals surface area contributed by atoms with E-state index in [1.165, 1.54) is 18.2 Å². The van der Waals surface area contributed by atoms with Gasteiger partial charge in [0.25, 0.3) is 0 Å². The molecular formula is C17H16F2N2O3. The molecule has 3 rings (SSSR count). The highest BCUT2D eigenvalue weighted by molar-refractivity contribution is 5.94. The summed E-state index contributed by atoms with van der Waals surface area (Å²) >= 11 is 0. The highest BCUT2D eigenvalue weighted by Crippen LogP contribution is 2.42. The van der Waals surface area contributed by atoms with Gasteiger partial charge in [0.15, 0.2) is 11.5 Å². The Morgan fingerprint density at radius 2 is 1.83 bits per heavy atom. The maximum absolute atomic E-state index is 13.0. The quantitative estimate of drug-likeness (QED) is 0.895. The van der Waals surface area contributed by atoms with Gasteiger partial charge in [0.1, 0.15) is 0 Å². The van der Waals surface area contributed by atoms with E-state index in [4.69, 9.17) is 0 Å². The van der Waals surface area contributed by atoms with Gasteiger partial charge in [-0.05, 0) is 37.6 Å². The third-order valence-corrected chi connectivity index (χ3v) is 3.51. The van der Waals surface area contributed by atoms with Gasteiger partial charge in [0.2, 0.25) is 5.91 Å². The molecule has 1 aliphatic heterocycles. The van der Waals surface area contributed by atoms with Crippen molar-refractivity contribution in [3.63, 3.8) is 0 Å². The molecular weight excluding hydrogens is 318 g/mol. The highest BCUT2D eigenvalue weighted by Gasteiger charge is 2.43. The molecule has 0 saturated carbocycles. The molecule has 24 heavy (non-hydrogen) atoms. The summed E-state index contributed by atoms with van der Waals surface area (Å²) in [7, 11) is 0. The SMILES string of the molecule is Cc1ccc(NC(=O)CNc2ccc3c(c2)OC(F)(F)O3)c(C)c1. The van der Waals surface area contributed by atoms with Crippen molar-refractivity contribution < 1.29 is 23.0 Å². The van der Waals surface area contributed by atoms with Gasteiger partial charge in [-0.2, -0.15) is 0 Å². The maximum Gasteiger partial charge on any atom is 0.586 e. The fourth-order valence-corrected chi connectivity index (χ4v) is 2.39. The standard InChI is InChI=1S/C17H16F2N2O3/c1-10-3-5-13(11(2)7-10)21-16(22)9-20-12-4-6-14-15(8-12)24-17(18,19)23-14/h3-8,20H,9H2,1-2H3,(H,21,22). The van der Waals surface area contributed by atoms with Gasteiger partial charge in [-0.1, -0.05) is 17.7 Å². The van der Waals surface area contributed by atoms with Crippen LogP contribution in [0.1, 0.15) is 11.1 Å². The van der Waals surface area contributed by atoms with Crippen molar-refractivity contribution in [1.29, 1.82) is 0 Å². The van der Waals surface area contributed by atoms with Crippen LogP contribution in [0.3, 0.4) is 0 Å². The molecule has 5 nitrogen and oxygen atoms in total. The number of aryl methyl sites for hydroxylation is 2. The van der Waals surface area contributed by atoms with E-state index in [-0.39, 0.29) is 24.0 Å². The summed E-state index contributed by atoms with van der Waals surface area (Å²) in [6, 6.07) is 9.98. The van der Waals surface area contributed by atoms with Crippen molar-refractivity contribution in [2.24, 2.45) is 0 Å². The number of rotatable bonds is 4. The van der Waals surface area contributed by atoms with E-state index in [0.29, 0.717) is 5.69 Å². The van der Waals surface area contributed by atoms with Crippen molar-refractivity contribution >= 4 is 17.3 Å². The Hall–Kier alpha value is -2.83. The second-order valence-electron chi connectivity index (χ2n) is 5.55. The fraction of sp³-hybridized carbons (Fsp3) is 0.235. The van der Waals surface area contributed by atoms with Crippen LogP contribution in [-0.4, -0.2) is 18.7 Å². The number of nitrogens with one attached hydrogen (secondary N) is 2. The zero-order chi connectivity index (χ0) is 17.3. The van der Waals surface area contributed by atoms with Gasteiger partial charge in [0.05, 0.1) is 6.54 Å². The summed E-state index contributed by atoms with van der Waals surface area (Å²) in [6.45, 7) is 3.88. The third-order valence-electron chi connectivity index (χ3n) is 3.51. The number of carbonyl (C=O) groups excluding carboxylic acids is 1. The minimum absolute atomic E-state index is 0.0106. The lowest BCUT2D eigenvalue weighted by Gasteiger charge is -2.10. The van der Waals surface area contributed by atoms with Crippen molar-refractivity contribution in [3.05, 3.63) is 47.5 Å². The van der Waals surface area contributed by atoms with Crippen molar-refractivity contribution in [2.45, 2.75) is 20.1 Å². The lowest BCUT2D eigenvalue weighted by Crippen LogP contribution is -2.25. The molecule has 0 aliphatic carbocycles. The van der Waals surface area contributed by atoms with E-state index in [0.717, 1.165) is 16.8 Å². The maximum atomic E-state index is 13.0. The van der Waals surface area contributed by atoms with Gasteiger partial charge < -0.3 is 20.1 Å². The Morgan fingerprint density at radius 3 is 2.58 bits per heavy atom. The van der Waals surface area contributed by atoms with Crippen LogP contribution in [0.2, 0.25) is 0 Å². The first kappa shape index (κ1) is 16.0. The van der Waals surface area contributed by atoms with E-state index >= 15 is 0 Å². The van der Waals surface area contributed by atoms with Gasteiger partial charge in [-0.25, -0.2) is 0 Å². The van der Waals surface area contributed by atoms with Crippen LogP contribution in [0, 0.1) is 13.8 Å². The molecule has 0 saturated heterocycles. The molecule has 0 bridgehead atoms. The first-order valence-electron chi connectivity index (χ1n) is 7.33. The summed E-state index contributed by atoms with van der Waals surface area (Å²) in [5.74, 6) is -0.352. The molecule has 7 heteroatoms. The molecule has 126 valence electrons. The normalized spacial score (nSPS) is 14.3. The molecule has 1 amide bonds. The number of halogens is 2. The number of anilines is 2. The largest absolute Gasteiger partial charge is 0.586 e. The summed E-state index contributed by atoms with van der Waals surface area (Å²) in [5.41, 5.74) is 3.29. The smallest absolute Gasteiger partial charge is 0.395 e. The van der Waals surface area contributed by atoms with Crippen LogP contribution in [0.5, 0.6) is 11.5 Å². The van der Waals surface area contributed by atoms with Crippen molar-refractivity contribution in [1.82, 2.24) is 0 Å². The number of carbonyl (C=O) groups is 1. The minimum Gasteiger partial charge on any atom is -0.395 e. The van der Waals surface area contributed by atoms with E-state index in [1.54, 1.807) is 0 Å². The number of hydrogen-bond acceptors (Lipinski definition) is 4. The van der Waals surface area contributed by atoms with Crippen LogP contribution in [0.4, 0.5) is 20.2 Å². The number of benzene rings is 2. The Morgan fingerprint density at radius 1 is 1.08 bits per heavy atom. The Kier molecular flexibility index (Phi) is 4.01. The molecule has 0 unspecified atom stereocenters. The summed E-state index contributed by atoms with van der Waals surface area (Å²) < 4.78 is 34.6. The Bertz CT molecular complexity index is 793. The predicted octanol–water partition coefficient (Wildman–Crippen LogP) is 3.68. The van der Waals surface area contributed by atoms with E-state index in [1.807, 2.05) is 32.0 Å². The monoisotopic (exact) mass is 334 g/mol. The predicted molar refractivity (Wildman–Crippen MR) is 85.7 cm³/mol. The van der Waals surface area contributed by atoms with E-state index < -0.39 is 6.29 Å². The van der Waals surface area contributed by atoms with Gasteiger partial charge in [-0.3, -0.25) is 4.79 Å². The van der Waals surface area contributed by atoms with Crippen LogP contribution >= 0.6 is 0 Å². The van der Waals surface area contributed by atoms with E-state index in [9.17, 15) is 13.6 Å². The van der Waals surface area contributed by atoms with Gasteiger partial charge in [-0.15, -0.1) is 8.78 Å². The Labute approximate surface area is 137 Å². The molecule has 0 spiro atoms. The highest BCUT2D eigenvalue weighted by atomic mass is 19.3. The number of alkyl halides is 2. The molecule has 1 aliphatic rings. The van der Waals surface area contributed by atoms with Gasteiger partial charge in [0, 0.05) is 17.4 Å². The molecule has 0 radical (unpaired) electrons. The van der Waals surface area contributed by atoms with Gasteiger partial charge >= 0.3 is 6.29 Å². The van der Waals surface area contributed by atoms with E-state index in [2.05, 4.69) is 20.1 Å². The third kappa shape index (κ3) is 3.56. The lowest BCUT2D eigenvalue weighted by molar-refractivity contribution is -0.286. The average Bonchev–Trinajstić information content (AvgIpc) is 2.81. The summed E-state index contributed by atoms with van der Waals surface area (Å²) in [5, 5.41) is 5.66. The summed E-state index contributed by atoms with van der Waals surface area (Å²) in [4.78, 5) is 12.0.